The number of anilines is 1. The summed E-state index contributed by atoms with van der Waals surface area (Å²) in [6.45, 7) is 3.08. The number of nitrogens with one attached hydrogen (secondary N) is 1. The van der Waals surface area contributed by atoms with Crippen LogP contribution in [0, 0.1) is 5.95 Å². The van der Waals surface area contributed by atoms with Crippen molar-refractivity contribution in [3.63, 3.8) is 0 Å². The summed E-state index contributed by atoms with van der Waals surface area (Å²) in [6.07, 6.45) is 0. The lowest BCUT2D eigenvalue weighted by molar-refractivity contribution is 0.336. The van der Waals surface area contributed by atoms with Gasteiger partial charge >= 0.3 is 0 Å². The average molecular weight is 404 g/mol. The molecule has 106 valence electrons. The summed E-state index contributed by atoms with van der Waals surface area (Å²) < 4.78 is 20.2. The topological polar surface area (TPSA) is 34.1 Å². The third kappa shape index (κ3) is 3.93. The summed E-state index contributed by atoms with van der Waals surface area (Å²) in [7, 11) is 0. The second-order valence-electron chi connectivity index (χ2n) is 4.02. The predicted molar refractivity (Wildman–Crippen MR) is 84.5 cm³/mol. The van der Waals surface area contributed by atoms with E-state index in [0.29, 0.717) is 19.0 Å². The van der Waals surface area contributed by atoms with E-state index >= 15 is 0 Å². The number of hydrogen-bond donors (Lipinski definition) is 1. The number of pyridine rings is 1. The molecule has 2 rings (SSSR count). The first-order valence-corrected chi connectivity index (χ1v) is 7.66. The fraction of sp³-hybridized carbons (Fsp3) is 0.214. The molecule has 6 heteroatoms. The van der Waals surface area contributed by atoms with E-state index in [1.54, 1.807) is 12.1 Å². The van der Waals surface area contributed by atoms with Crippen LogP contribution in [0.25, 0.3) is 0 Å². The lowest BCUT2D eigenvalue weighted by atomic mass is 10.2. The van der Waals surface area contributed by atoms with Crippen LogP contribution in [0.3, 0.4) is 0 Å². The number of hydrogen-bond acceptors (Lipinski definition) is 3. The van der Waals surface area contributed by atoms with Crippen LogP contribution in [-0.2, 0) is 6.54 Å². The maximum atomic E-state index is 13.0. The van der Waals surface area contributed by atoms with Gasteiger partial charge in [0.15, 0.2) is 0 Å². The first kappa shape index (κ1) is 15.3. The van der Waals surface area contributed by atoms with E-state index in [4.69, 9.17) is 4.74 Å². The standard InChI is InChI=1S/C14H13Br2FN2O/c1-2-20-14-10(15)6-9(7-11(14)16)8-18-13-5-3-4-12(17)19-13/h3-7H,2,8H2,1H3,(H,18,19). The monoisotopic (exact) mass is 402 g/mol. The van der Waals surface area contributed by atoms with Gasteiger partial charge in [0.2, 0.25) is 5.95 Å². The fourth-order valence-electron chi connectivity index (χ4n) is 1.70. The molecule has 1 aromatic heterocycles. The van der Waals surface area contributed by atoms with E-state index in [0.717, 1.165) is 20.3 Å². The molecule has 3 nitrogen and oxygen atoms in total. The third-order valence-corrected chi connectivity index (χ3v) is 3.71. The number of rotatable bonds is 5. The smallest absolute Gasteiger partial charge is 0.214 e. The van der Waals surface area contributed by atoms with Crippen LogP contribution in [0.2, 0.25) is 0 Å². The van der Waals surface area contributed by atoms with Crippen molar-refractivity contribution in [2.75, 3.05) is 11.9 Å². The lowest BCUT2D eigenvalue weighted by Crippen LogP contribution is -2.03. The first-order valence-electron chi connectivity index (χ1n) is 6.07. The molecule has 0 aliphatic heterocycles. The van der Waals surface area contributed by atoms with Crippen LogP contribution >= 0.6 is 31.9 Å². The second kappa shape index (κ2) is 7.04. The molecule has 0 aliphatic carbocycles. The summed E-state index contributed by atoms with van der Waals surface area (Å²) in [5.41, 5.74) is 1.03. The van der Waals surface area contributed by atoms with Gasteiger partial charge in [0, 0.05) is 6.54 Å². The molecule has 0 saturated carbocycles. The van der Waals surface area contributed by atoms with Crippen molar-refractivity contribution in [1.29, 1.82) is 0 Å². The zero-order valence-corrected chi connectivity index (χ0v) is 14.0. The van der Waals surface area contributed by atoms with E-state index in [1.165, 1.54) is 6.07 Å². The van der Waals surface area contributed by atoms with Gasteiger partial charge in [0.25, 0.3) is 0 Å². The van der Waals surface area contributed by atoms with Gasteiger partial charge < -0.3 is 10.1 Å². The summed E-state index contributed by atoms with van der Waals surface area (Å²) in [5.74, 6) is 0.787. The van der Waals surface area contributed by atoms with Crippen molar-refractivity contribution in [2.24, 2.45) is 0 Å². The Morgan fingerprint density at radius 3 is 2.55 bits per heavy atom. The quantitative estimate of drug-likeness (QED) is 0.731. The Hall–Kier alpha value is -1.14. The van der Waals surface area contributed by atoms with Crippen LogP contribution in [0.1, 0.15) is 12.5 Å². The Morgan fingerprint density at radius 2 is 1.95 bits per heavy atom. The predicted octanol–water partition coefficient (Wildman–Crippen LogP) is 4.76. The summed E-state index contributed by atoms with van der Waals surface area (Å²) in [5, 5.41) is 3.07. The van der Waals surface area contributed by atoms with E-state index in [1.807, 2.05) is 19.1 Å². The summed E-state index contributed by atoms with van der Waals surface area (Å²) >= 11 is 6.96. The highest BCUT2D eigenvalue weighted by Gasteiger charge is 2.08. The normalized spacial score (nSPS) is 10.4. The molecule has 0 fully saturated rings. The first-order chi connectivity index (χ1) is 9.60. The van der Waals surface area contributed by atoms with Crippen LogP contribution in [0.5, 0.6) is 5.75 Å². The summed E-state index contributed by atoms with van der Waals surface area (Å²) in [6, 6.07) is 8.58. The maximum Gasteiger partial charge on any atom is 0.214 e. The number of nitrogens with zero attached hydrogens (tertiary/aromatic N) is 1. The van der Waals surface area contributed by atoms with Gasteiger partial charge in [-0.05, 0) is 68.6 Å². The molecule has 0 amide bonds. The molecule has 2 aromatic rings. The highest BCUT2D eigenvalue weighted by atomic mass is 79.9. The second-order valence-corrected chi connectivity index (χ2v) is 5.73. The van der Waals surface area contributed by atoms with Crippen LogP contribution in [-0.4, -0.2) is 11.6 Å². The molecule has 0 radical (unpaired) electrons. The Balaban J connectivity index is 2.10. The van der Waals surface area contributed by atoms with Gasteiger partial charge in [-0.25, -0.2) is 4.98 Å². The highest BCUT2D eigenvalue weighted by molar-refractivity contribution is 9.11. The van der Waals surface area contributed by atoms with Crippen molar-refractivity contribution < 1.29 is 9.13 Å². The number of aromatic nitrogens is 1. The van der Waals surface area contributed by atoms with E-state index in [-0.39, 0.29) is 0 Å². The van der Waals surface area contributed by atoms with Gasteiger partial charge in [-0.15, -0.1) is 0 Å². The van der Waals surface area contributed by atoms with Crippen molar-refractivity contribution in [3.05, 3.63) is 50.8 Å². The SMILES string of the molecule is CCOc1c(Br)cc(CNc2cccc(F)n2)cc1Br. The Kier molecular flexibility index (Phi) is 5.37. The van der Waals surface area contributed by atoms with Crippen molar-refractivity contribution in [2.45, 2.75) is 13.5 Å². The molecule has 0 unspecified atom stereocenters. The minimum Gasteiger partial charge on any atom is -0.492 e. The average Bonchev–Trinajstić information content (AvgIpc) is 2.41. The van der Waals surface area contributed by atoms with E-state index < -0.39 is 5.95 Å². The molecule has 1 N–H and O–H groups in total. The van der Waals surface area contributed by atoms with E-state index in [2.05, 4.69) is 42.2 Å². The largest absolute Gasteiger partial charge is 0.492 e. The van der Waals surface area contributed by atoms with Crippen LogP contribution in [0.15, 0.2) is 39.3 Å². The number of halogens is 3. The van der Waals surface area contributed by atoms with Gasteiger partial charge in [-0.1, -0.05) is 6.07 Å². The lowest BCUT2D eigenvalue weighted by Gasteiger charge is -2.11. The summed E-state index contributed by atoms with van der Waals surface area (Å²) in [4.78, 5) is 3.75. The Labute approximate surface area is 133 Å². The van der Waals surface area contributed by atoms with Gasteiger partial charge in [0.1, 0.15) is 11.6 Å². The molecule has 1 aromatic carbocycles. The third-order valence-electron chi connectivity index (χ3n) is 2.54. The minimum atomic E-state index is -0.496. The fourth-order valence-corrected chi connectivity index (χ4v) is 3.21. The van der Waals surface area contributed by atoms with Crippen molar-refractivity contribution >= 4 is 37.7 Å². The molecule has 0 spiro atoms. The Morgan fingerprint density at radius 1 is 1.25 bits per heavy atom. The molecule has 0 atom stereocenters. The Bertz CT molecular complexity index is 584. The van der Waals surface area contributed by atoms with Crippen LogP contribution < -0.4 is 10.1 Å². The van der Waals surface area contributed by atoms with Gasteiger partial charge in [0.05, 0.1) is 15.6 Å². The molecule has 0 aliphatic rings. The molecular weight excluding hydrogens is 391 g/mol. The highest BCUT2D eigenvalue weighted by Crippen LogP contribution is 2.34. The van der Waals surface area contributed by atoms with Gasteiger partial charge in [-0.2, -0.15) is 4.39 Å². The van der Waals surface area contributed by atoms with Gasteiger partial charge in [-0.3, -0.25) is 0 Å². The number of ether oxygens (including phenoxy) is 1. The molecule has 20 heavy (non-hydrogen) atoms. The maximum absolute atomic E-state index is 13.0. The molecule has 0 saturated heterocycles. The number of benzene rings is 1. The van der Waals surface area contributed by atoms with E-state index in [9.17, 15) is 4.39 Å². The van der Waals surface area contributed by atoms with Crippen molar-refractivity contribution in [3.8, 4) is 5.75 Å². The zero-order chi connectivity index (χ0) is 14.5. The molecule has 1 heterocycles. The molecule has 0 bridgehead atoms. The van der Waals surface area contributed by atoms with Crippen LogP contribution in [0.4, 0.5) is 10.2 Å². The van der Waals surface area contributed by atoms with Crippen molar-refractivity contribution in [1.82, 2.24) is 4.98 Å². The minimum absolute atomic E-state index is 0.496. The molecular formula is C14H13Br2FN2O. The zero-order valence-electron chi connectivity index (χ0n) is 10.8.